The van der Waals surface area contributed by atoms with Gasteiger partial charge in [0.2, 0.25) is 15.9 Å². The third-order valence-corrected chi connectivity index (χ3v) is 6.13. The smallest absolute Gasteiger partial charge is 0.214 e. The van der Waals surface area contributed by atoms with Crippen LogP contribution in [0.25, 0.3) is 0 Å². The van der Waals surface area contributed by atoms with Crippen LogP contribution >= 0.6 is 0 Å². The topological polar surface area (TPSA) is 66.7 Å². The van der Waals surface area contributed by atoms with Crippen LogP contribution in [0.15, 0.2) is 10.6 Å². The molecular weight excluding hydrogens is 314 g/mol. The molecule has 23 heavy (non-hydrogen) atoms. The summed E-state index contributed by atoms with van der Waals surface area (Å²) in [7, 11) is -3.10. The first-order valence-electron chi connectivity index (χ1n) is 8.38. The van der Waals surface area contributed by atoms with Crippen LogP contribution in [0, 0.1) is 0 Å². The van der Waals surface area contributed by atoms with Crippen LogP contribution in [0.2, 0.25) is 0 Å². The molecule has 6 nitrogen and oxygen atoms in total. The Kier molecular flexibility index (Phi) is 5.86. The zero-order chi connectivity index (χ0) is 17.1. The standard InChI is InChI=1S/C16H29N3O3S/c1-5-11-23(20,21)19-8-6-7-18(9-10-19)13-15-17-12-14(22-15)16(2,3)4/h12H,5-11,13H2,1-4H3. The largest absolute Gasteiger partial charge is 0.444 e. The van der Waals surface area contributed by atoms with Crippen molar-refractivity contribution in [2.75, 3.05) is 31.9 Å². The molecule has 1 saturated heterocycles. The second-order valence-electron chi connectivity index (χ2n) is 7.21. The quantitative estimate of drug-likeness (QED) is 0.820. The molecular formula is C16H29N3O3S. The van der Waals surface area contributed by atoms with Crippen LogP contribution < -0.4 is 0 Å². The second kappa shape index (κ2) is 7.32. The van der Waals surface area contributed by atoms with E-state index in [1.54, 1.807) is 10.5 Å². The number of hydrogen-bond donors (Lipinski definition) is 0. The fourth-order valence-corrected chi connectivity index (χ4v) is 4.23. The molecule has 1 aromatic rings. The van der Waals surface area contributed by atoms with Crippen LogP contribution in [0.4, 0.5) is 0 Å². The van der Waals surface area contributed by atoms with Gasteiger partial charge in [-0.1, -0.05) is 27.7 Å². The van der Waals surface area contributed by atoms with Gasteiger partial charge in [-0.05, 0) is 19.4 Å². The minimum absolute atomic E-state index is 0.0466. The summed E-state index contributed by atoms with van der Waals surface area (Å²) in [6.07, 6.45) is 3.30. The Morgan fingerprint density at radius 2 is 1.96 bits per heavy atom. The van der Waals surface area contributed by atoms with E-state index < -0.39 is 10.0 Å². The number of hydrogen-bond acceptors (Lipinski definition) is 5. The van der Waals surface area contributed by atoms with Gasteiger partial charge in [0.25, 0.3) is 0 Å². The highest BCUT2D eigenvalue weighted by atomic mass is 32.2. The zero-order valence-corrected chi connectivity index (χ0v) is 15.5. The fourth-order valence-electron chi connectivity index (χ4n) is 2.69. The summed E-state index contributed by atoms with van der Waals surface area (Å²) >= 11 is 0. The molecule has 2 heterocycles. The Labute approximate surface area is 139 Å². The molecule has 0 amide bonds. The van der Waals surface area contributed by atoms with Gasteiger partial charge in [0.1, 0.15) is 5.76 Å². The molecule has 0 N–H and O–H groups in total. The van der Waals surface area contributed by atoms with Crippen molar-refractivity contribution in [3.8, 4) is 0 Å². The molecule has 2 rings (SSSR count). The van der Waals surface area contributed by atoms with Gasteiger partial charge in [-0.2, -0.15) is 0 Å². The number of oxazole rings is 1. The van der Waals surface area contributed by atoms with Crippen LogP contribution in [-0.2, 0) is 22.0 Å². The monoisotopic (exact) mass is 343 g/mol. The maximum Gasteiger partial charge on any atom is 0.214 e. The van der Waals surface area contributed by atoms with Crippen molar-refractivity contribution in [3.63, 3.8) is 0 Å². The molecule has 0 aromatic carbocycles. The average Bonchev–Trinajstić information content (AvgIpc) is 2.77. The summed E-state index contributed by atoms with van der Waals surface area (Å²) in [4.78, 5) is 6.59. The molecule has 0 unspecified atom stereocenters. The molecule has 132 valence electrons. The Hall–Kier alpha value is -0.920. The van der Waals surface area contributed by atoms with Gasteiger partial charge in [-0.15, -0.1) is 0 Å². The fraction of sp³-hybridized carbons (Fsp3) is 0.812. The summed E-state index contributed by atoms with van der Waals surface area (Å²) < 4.78 is 31.9. The molecule has 0 bridgehead atoms. The predicted octanol–water partition coefficient (Wildman–Crippen LogP) is 2.22. The van der Waals surface area contributed by atoms with Gasteiger partial charge >= 0.3 is 0 Å². The van der Waals surface area contributed by atoms with Crippen LogP contribution in [0.3, 0.4) is 0 Å². The van der Waals surface area contributed by atoms with Gasteiger partial charge in [0.15, 0.2) is 0 Å². The highest BCUT2D eigenvalue weighted by Gasteiger charge is 2.25. The van der Waals surface area contributed by atoms with E-state index in [0.29, 0.717) is 31.9 Å². The molecule has 0 atom stereocenters. The first-order valence-corrected chi connectivity index (χ1v) is 9.98. The molecule has 0 radical (unpaired) electrons. The Morgan fingerprint density at radius 1 is 1.22 bits per heavy atom. The number of aromatic nitrogens is 1. The molecule has 7 heteroatoms. The summed E-state index contributed by atoms with van der Waals surface area (Å²) in [5.41, 5.74) is -0.0466. The Balaban J connectivity index is 1.95. The van der Waals surface area contributed by atoms with E-state index in [-0.39, 0.29) is 11.2 Å². The molecule has 1 aliphatic rings. The minimum atomic E-state index is -3.10. The average molecular weight is 343 g/mol. The lowest BCUT2D eigenvalue weighted by molar-refractivity contribution is 0.242. The van der Waals surface area contributed by atoms with E-state index in [1.165, 1.54) is 0 Å². The molecule has 0 spiro atoms. The summed E-state index contributed by atoms with van der Waals surface area (Å²) in [6, 6.07) is 0. The van der Waals surface area contributed by atoms with Crippen molar-refractivity contribution in [1.82, 2.24) is 14.2 Å². The predicted molar refractivity (Wildman–Crippen MR) is 90.7 cm³/mol. The van der Waals surface area contributed by atoms with Gasteiger partial charge < -0.3 is 4.42 Å². The zero-order valence-electron chi connectivity index (χ0n) is 14.7. The van der Waals surface area contributed by atoms with Crippen molar-refractivity contribution >= 4 is 10.0 Å². The Bertz CT molecular complexity index is 604. The SMILES string of the molecule is CCCS(=O)(=O)N1CCCN(Cc2ncc(C(C)(C)C)o2)CC1. The van der Waals surface area contributed by atoms with E-state index in [0.717, 1.165) is 25.3 Å². The molecule has 0 aliphatic carbocycles. The van der Waals surface area contributed by atoms with Gasteiger partial charge in [0.05, 0.1) is 18.5 Å². The highest BCUT2D eigenvalue weighted by molar-refractivity contribution is 7.89. The molecule has 0 saturated carbocycles. The summed E-state index contributed by atoms with van der Waals surface area (Å²) in [5.74, 6) is 1.83. The maximum atomic E-state index is 12.2. The van der Waals surface area contributed by atoms with E-state index in [4.69, 9.17) is 4.42 Å². The number of sulfonamides is 1. The van der Waals surface area contributed by atoms with E-state index in [1.807, 2.05) is 6.92 Å². The third kappa shape index (κ3) is 5.02. The lowest BCUT2D eigenvalue weighted by atomic mass is 9.94. The lowest BCUT2D eigenvalue weighted by Gasteiger charge is -2.20. The van der Waals surface area contributed by atoms with Gasteiger partial charge in [-0.25, -0.2) is 17.7 Å². The Morgan fingerprint density at radius 3 is 2.57 bits per heavy atom. The van der Waals surface area contributed by atoms with Crippen molar-refractivity contribution in [1.29, 1.82) is 0 Å². The van der Waals surface area contributed by atoms with E-state index >= 15 is 0 Å². The van der Waals surface area contributed by atoms with Crippen molar-refractivity contribution < 1.29 is 12.8 Å². The molecule has 1 fully saturated rings. The first-order chi connectivity index (χ1) is 10.7. The highest BCUT2D eigenvalue weighted by Crippen LogP contribution is 2.23. The van der Waals surface area contributed by atoms with Crippen LogP contribution in [0.1, 0.15) is 52.2 Å². The lowest BCUT2D eigenvalue weighted by Crippen LogP contribution is -2.36. The number of nitrogens with zero attached hydrogens (tertiary/aromatic N) is 3. The van der Waals surface area contributed by atoms with Crippen LogP contribution in [0.5, 0.6) is 0 Å². The summed E-state index contributed by atoms with van der Waals surface area (Å²) in [6.45, 7) is 11.6. The van der Waals surface area contributed by atoms with E-state index in [9.17, 15) is 8.42 Å². The minimum Gasteiger partial charge on any atom is -0.444 e. The normalized spacial score (nSPS) is 19.0. The van der Waals surface area contributed by atoms with Gasteiger partial charge in [0, 0.05) is 25.0 Å². The second-order valence-corrected chi connectivity index (χ2v) is 9.30. The van der Waals surface area contributed by atoms with Gasteiger partial charge in [-0.3, -0.25) is 4.90 Å². The third-order valence-electron chi connectivity index (χ3n) is 4.05. The van der Waals surface area contributed by atoms with Crippen molar-refractivity contribution in [2.45, 2.75) is 52.5 Å². The van der Waals surface area contributed by atoms with E-state index in [2.05, 4.69) is 30.7 Å². The van der Waals surface area contributed by atoms with Crippen molar-refractivity contribution in [2.24, 2.45) is 0 Å². The molecule has 1 aliphatic heterocycles. The maximum absolute atomic E-state index is 12.2. The van der Waals surface area contributed by atoms with Crippen LogP contribution in [-0.4, -0.2) is 54.5 Å². The first kappa shape index (κ1) is 18.4. The number of rotatable bonds is 5. The van der Waals surface area contributed by atoms with Crippen molar-refractivity contribution in [3.05, 3.63) is 17.8 Å². The molecule has 1 aromatic heterocycles. The summed E-state index contributed by atoms with van der Waals surface area (Å²) in [5, 5.41) is 0.